The van der Waals surface area contributed by atoms with Gasteiger partial charge in [0.1, 0.15) is 0 Å². The number of amides is 2. The van der Waals surface area contributed by atoms with Crippen LogP contribution in [0.4, 0.5) is 10.5 Å². The summed E-state index contributed by atoms with van der Waals surface area (Å²) in [5, 5.41) is 15.4. The van der Waals surface area contributed by atoms with Gasteiger partial charge in [-0.05, 0) is 80.7 Å². The number of likely N-dealkylation sites (tertiary alicyclic amines) is 1. The first-order valence-corrected chi connectivity index (χ1v) is 11.1. The molecule has 1 aromatic carbocycles. The number of nitriles is 1. The van der Waals surface area contributed by atoms with Crippen LogP contribution in [0.15, 0.2) is 24.3 Å². The largest absolute Gasteiger partial charge is 0.385 e. The minimum absolute atomic E-state index is 0.124. The van der Waals surface area contributed by atoms with E-state index in [9.17, 15) is 4.79 Å². The molecule has 2 atom stereocenters. The fraction of sp³-hybridized carbons (Fsp3) is 0.652. The number of hydrogen-bond donors (Lipinski definition) is 2. The number of rotatable bonds is 8. The topological polar surface area (TPSA) is 71.4 Å². The van der Waals surface area contributed by atoms with Crippen LogP contribution in [-0.4, -0.2) is 61.6 Å². The van der Waals surface area contributed by atoms with Crippen LogP contribution in [0, 0.1) is 29.1 Å². The summed E-state index contributed by atoms with van der Waals surface area (Å²) in [6, 6.07) is 10.3. The highest BCUT2D eigenvalue weighted by atomic mass is 16.2. The van der Waals surface area contributed by atoms with E-state index in [0.717, 1.165) is 50.7 Å². The van der Waals surface area contributed by atoms with Crippen LogP contribution < -0.4 is 10.6 Å². The van der Waals surface area contributed by atoms with E-state index in [2.05, 4.69) is 21.6 Å². The van der Waals surface area contributed by atoms with Crippen molar-refractivity contribution in [2.75, 3.05) is 45.1 Å². The van der Waals surface area contributed by atoms with E-state index in [0.29, 0.717) is 23.4 Å². The number of nitrogens with zero attached hydrogens (tertiary/aromatic N) is 3. The van der Waals surface area contributed by atoms with Crippen LogP contribution >= 0.6 is 0 Å². The zero-order valence-corrected chi connectivity index (χ0v) is 17.4. The Morgan fingerprint density at radius 1 is 1.17 bits per heavy atom. The van der Waals surface area contributed by atoms with Crippen molar-refractivity contribution in [3.8, 4) is 6.07 Å². The van der Waals surface area contributed by atoms with Gasteiger partial charge in [0.2, 0.25) is 0 Å². The fourth-order valence-corrected chi connectivity index (χ4v) is 5.12. The third-order valence-corrected chi connectivity index (χ3v) is 6.86. The lowest BCUT2D eigenvalue weighted by atomic mass is 9.91. The number of anilines is 1. The molecule has 4 rings (SSSR count). The van der Waals surface area contributed by atoms with Gasteiger partial charge in [0, 0.05) is 45.0 Å². The lowest BCUT2D eigenvalue weighted by molar-refractivity contribution is 0.0766. The summed E-state index contributed by atoms with van der Waals surface area (Å²) in [5.41, 5.74) is 1.77. The molecule has 29 heavy (non-hydrogen) atoms. The normalized spacial score (nSPS) is 26.0. The third kappa shape index (κ3) is 5.02. The molecule has 2 unspecified atom stereocenters. The number of nitrogens with one attached hydrogen (secondary N) is 2. The highest BCUT2D eigenvalue weighted by molar-refractivity contribution is 5.74. The van der Waals surface area contributed by atoms with Gasteiger partial charge in [0.15, 0.2) is 0 Å². The standard InChI is InChI=1S/C23H33N5O/c1-27(23(29)26-14-18-3-4-18)22-19-7-8-20(22)16-28(15-19)12-2-11-25-21-9-5-17(13-24)6-10-21/h5-6,9-10,18-20,22,25H,2-4,7-8,11-12,14-16H2,1H3,(H,26,29). The number of piperidine rings is 1. The molecule has 1 aliphatic heterocycles. The zero-order valence-electron chi connectivity index (χ0n) is 17.4. The molecule has 3 fully saturated rings. The van der Waals surface area contributed by atoms with Crippen molar-refractivity contribution in [1.29, 1.82) is 5.26 Å². The molecule has 2 saturated carbocycles. The summed E-state index contributed by atoms with van der Waals surface area (Å²) in [5.74, 6) is 1.94. The minimum atomic E-state index is 0.124. The molecule has 2 amide bonds. The Balaban J connectivity index is 1.19. The molecule has 1 aromatic rings. The molecule has 6 heteroatoms. The number of benzene rings is 1. The van der Waals surface area contributed by atoms with Crippen molar-refractivity contribution < 1.29 is 4.79 Å². The second kappa shape index (κ2) is 9.04. The number of urea groups is 1. The Hall–Kier alpha value is -2.26. The highest BCUT2D eigenvalue weighted by Crippen LogP contribution is 2.39. The van der Waals surface area contributed by atoms with Crippen LogP contribution in [0.5, 0.6) is 0 Å². The van der Waals surface area contributed by atoms with Gasteiger partial charge in [-0.3, -0.25) is 0 Å². The number of carbonyl (C=O) groups excluding carboxylic acids is 1. The third-order valence-electron chi connectivity index (χ3n) is 6.86. The minimum Gasteiger partial charge on any atom is -0.385 e. The summed E-state index contributed by atoms with van der Waals surface area (Å²) >= 11 is 0. The molecule has 156 valence electrons. The maximum absolute atomic E-state index is 12.5. The maximum atomic E-state index is 12.5. The molecular formula is C23H33N5O. The molecule has 0 aromatic heterocycles. The summed E-state index contributed by atoms with van der Waals surface area (Å²) in [4.78, 5) is 17.1. The summed E-state index contributed by atoms with van der Waals surface area (Å²) in [6.07, 6.45) is 6.13. The molecular weight excluding hydrogens is 362 g/mol. The fourth-order valence-electron chi connectivity index (χ4n) is 5.12. The van der Waals surface area contributed by atoms with Crippen LogP contribution in [0.1, 0.15) is 37.7 Å². The Kier molecular flexibility index (Phi) is 6.25. The lowest BCUT2D eigenvalue weighted by Crippen LogP contribution is -2.55. The molecule has 0 radical (unpaired) electrons. The van der Waals surface area contributed by atoms with Crippen LogP contribution in [0.25, 0.3) is 0 Å². The Labute approximate surface area is 174 Å². The van der Waals surface area contributed by atoms with E-state index in [1.807, 2.05) is 36.2 Å². The van der Waals surface area contributed by atoms with Gasteiger partial charge >= 0.3 is 6.03 Å². The first-order chi connectivity index (χ1) is 14.1. The van der Waals surface area contributed by atoms with Crippen molar-refractivity contribution in [3.63, 3.8) is 0 Å². The van der Waals surface area contributed by atoms with Gasteiger partial charge in [-0.2, -0.15) is 5.26 Å². The molecule has 3 aliphatic rings. The molecule has 1 heterocycles. The monoisotopic (exact) mass is 395 g/mol. The number of hydrogen-bond acceptors (Lipinski definition) is 4. The Bertz CT molecular complexity index is 725. The van der Waals surface area contributed by atoms with E-state index in [4.69, 9.17) is 5.26 Å². The van der Waals surface area contributed by atoms with Gasteiger partial charge in [-0.15, -0.1) is 0 Å². The predicted octanol–water partition coefficient (Wildman–Crippen LogP) is 3.12. The first kappa shape index (κ1) is 20.0. The van der Waals surface area contributed by atoms with E-state index in [-0.39, 0.29) is 6.03 Å². The van der Waals surface area contributed by atoms with Crippen LogP contribution in [0.3, 0.4) is 0 Å². The van der Waals surface area contributed by atoms with Gasteiger partial charge in [-0.1, -0.05) is 0 Å². The van der Waals surface area contributed by atoms with Gasteiger partial charge < -0.3 is 20.4 Å². The number of fused-ring (bicyclic) bond motifs is 2. The Morgan fingerprint density at radius 3 is 2.48 bits per heavy atom. The van der Waals surface area contributed by atoms with Crippen LogP contribution in [-0.2, 0) is 0 Å². The van der Waals surface area contributed by atoms with Gasteiger partial charge in [0.25, 0.3) is 0 Å². The average molecular weight is 396 g/mol. The van der Waals surface area contributed by atoms with E-state index in [1.165, 1.54) is 25.7 Å². The predicted molar refractivity (Wildman–Crippen MR) is 115 cm³/mol. The number of carbonyl (C=O) groups is 1. The molecule has 6 nitrogen and oxygen atoms in total. The summed E-state index contributed by atoms with van der Waals surface area (Å²) in [6.45, 7) is 5.10. The SMILES string of the molecule is CN(C(=O)NCC1CC1)C1C2CCC1CN(CCCNc1ccc(C#N)cc1)C2. The van der Waals surface area contributed by atoms with Crippen molar-refractivity contribution in [3.05, 3.63) is 29.8 Å². The molecule has 2 aliphatic carbocycles. The molecule has 0 spiro atoms. The molecule has 2 N–H and O–H groups in total. The Morgan fingerprint density at radius 2 is 1.86 bits per heavy atom. The van der Waals surface area contributed by atoms with Gasteiger partial charge in [0.05, 0.1) is 11.6 Å². The van der Waals surface area contributed by atoms with Crippen molar-refractivity contribution >= 4 is 11.7 Å². The second-order valence-electron chi connectivity index (χ2n) is 9.06. The highest BCUT2D eigenvalue weighted by Gasteiger charge is 2.45. The lowest BCUT2D eigenvalue weighted by Gasteiger charge is -2.42. The average Bonchev–Trinajstić information content (AvgIpc) is 3.53. The second-order valence-corrected chi connectivity index (χ2v) is 9.06. The van der Waals surface area contributed by atoms with Crippen molar-refractivity contribution in [2.45, 2.75) is 38.1 Å². The van der Waals surface area contributed by atoms with E-state index < -0.39 is 0 Å². The zero-order chi connectivity index (χ0) is 20.2. The smallest absolute Gasteiger partial charge is 0.317 e. The van der Waals surface area contributed by atoms with E-state index in [1.54, 1.807) is 0 Å². The quantitative estimate of drug-likeness (QED) is 0.664. The maximum Gasteiger partial charge on any atom is 0.317 e. The van der Waals surface area contributed by atoms with Crippen LogP contribution in [0.2, 0.25) is 0 Å². The molecule has 2 bridgehead atoms. The summed E-state index contributed by atoms with van der Waals surface area (Å²) < 4.78 is 0. The van der Waals surface area contributed by atoms with Gasteiger partial charge in [-0.25, -0.2) is 4.79 Å². The molecule has 1 saturated heterocycles. The summed E-state index contributed by atoms with van der Waals surface area (Å²) in [7, 11) is 2.00. The first-order valence-electron chi connectivity index (χ1n) is 11.1. The van der Waals surface area contributed by atoms with Crippen molar-refractivity contribution in [2.24, 2.45) is 17.8 Å². The van der Waals surface area contributed by atoms with Crippen molar-refractivity contribution in [1.82, 2.24) is 15.1 Å². The van der Waals surface area contributed by atoms with E-state index >= 15 is 0 Å².